The second kappa shape index (κ2) is 4.18. The van der Waals surface area contributed by atoms with Crippen molar-refractivity contribution in [3.05, 3.63) is 39.7 Å². The van der Waals surface area contributed by atoms with E-state index in [4.69, 9.17) is 4.42 Å². The summed E-state index contributed by atoms with van der Waals surface area (Å²) < 4.78 is 55.5. The molecule has 0 saturated carbocycles. The Morgan fingerprint density at radius 2 is 2.05 bits per heavy atom. The lowest BCUT2D eigenvalue weighted by atomic mass is 10.0. The molecule has 2 heterocycles. The van der Waals surface area contributed by atoms with Gasteiger partial charge in [-0.15, -0.1) is 0 Å². The molecular formula is C13H9F3O3S. The molecule has 0 bridgehead atoms. The van der Waals surface area contributed by atoms with Crippen LogP contribution in [0.1, 0.15) is 11.1 Å². The van der Waals surface area contributed by atoms with E-state index in [0.717, 1.165) is 5.56 Å². The number of halogens is 3. The molecule has 1 aliphatic rings. The minimum atomic E-state index is -4.60. The lowest BCUT2D eigenvalue weighted by Crippen LogP contribution is -2.31. The van der Waals surface area contributed by atoms with E-state index in [0.29, 0.717) is 5.39 Å². The molecule has 7 heteroatoms. The smallest absolute Gasteiger partial charge is 0.403 e. The van der Waals surface area contributed by atoms with E-state index in [1.54, 1.807) is 19.1 Å². The Bertz CT molecular complexity index is 792. The van der Waals surface area contributed by atoms with Crippen LogP contribution < -0.4 is 5.63 Å². The Morgan fingerprint density at radius 1 is 1.35 bits per heavy atom. The molecule has 0 radical (unpaired) electrons. The fourth-order valence-corrected chi connectivity index (χ4v) is 3.89. The fraction of sp³-hybridized carbons (Fsp3) is 0.308. The van der Waals surface area contributed by atoms with Crippen molar-refractivity contribution in [1.29, 1.82) is 0 Å². The van der Waals surface area contributed by atoms with Crippen molar-refractivity contribution in [3.63, 3.8) is 0 Å². The maximum absolute atomic E-state index is 12.9. The van der Waals surface area contributed by atoms with Crippen molar-refractivity contribution < 1.29 is 21.8 Å². The van der Waals surface area contributed by atoms with Gasteiger partial charge in [0.05, 0.1) is 10.8 Å². The molecular weight excluding hydrogens is 293 g/mol. The summed E-state index contributed by atoms with van der Waals surface area (Å²) >= 11 is 0. The summed E-state index contributed by atoms with van der Waals surface area (Å²) in [6, 6.07) is 4.88. The summed E-state index contributed by atoms with van der Waals surface area (Å²) in [5.41, 5.74) is 0.302. The molecule has 1 aromatic carbocycles. The fourth-order valence-electron chi connectivity index (χ4n) is 2.41. The normalized spacial score (nSPS) is 22.2. The van der Waals surface area contributed by atoms with E-state index in [-0.39, 0.29) is 16.0 Å². The van der Waals surface area contributed by atoms with Gasteiger partial charge < -0.3 is 4.42 Å². The highest BCUT2D eigenvalue weighted by Gasteiger charge is 2.50. The zero-order valence-corrected chi connectivity index (χ0v) is 11.1. The SMILES string of the molecule is Cc1ccc2oc(=O)c3c(c2c1)CC(C(F)(F)F)S3=O. The van der Waals surface area contributed by atoms with Crippen molar-refractivity contribution in [1.82, 2.24) is 0 Å². The van der Waals surface area contributed by atoms with Gasteiger partial charge >= 0.3 is 11.8 Å². The molecule has 20 heavy (non-hydrogen) atoms. The van der Waals surface area contributed by atoms with Crippen LogP contribution in [0.3, 0.4) is 0 Å². The number of rotatable bonds is 0. The monoisotopic (exact) mass is 302 g/mol. The molecule has 0 spiro atoms. The average molecular weight is 302 g/mol. The first-order valence-corrected chi connectivity index (χ1v) is 7.04. The van der Waals surface area contributed by atoms with E-state index in [1.165, 1.54) is 6.07 Å². The van der Waals surface area contributed by atoms with Crippen LogP contribution in [-0.4, -0.2) is 15.6 Å². The summed E-state index contributed by atoms with van der Waals surface area (Å²) in [5.74, 6) is 0. The van der Waals surface area contributed by atoms with Crippen LogP contribution in [0.15, 0.2) is 32.3 Å². The van der Waals surface area contributed by atoms with Gasteiger partial charge in [-0.25, -0.2) is 4.79 Å². The molecule has 2 unspecified atom stereocenters. The van der Waals surface area contributed by atoms with E-state index >= 15 is 0 Å². The molecule has 3 rings (SSSR count). The predicted octanol–water partition coefficient (Wildman–Crippen LogP) is 2.70. The highest BCUT2D eigenvalue weighted by atomic mass is 32.2. The van der Waals surface area contributed by atoms with Crippen LogP contribution in [0.25, 0.3) is 11.0 Å². The third-order valence-corrected chi connectivity index (χ3v) is 5.10. The Labute approximate surface area is 113 Å². The zero-order chi connectivity index (χ0) is 14.7. The van der Waals surface area contributed by atoms with E-state index < -0.39 is 34.3 Å². The lowest BCUT2D eigenvalue weighted by Gasteiger charge is -2.11. The first-order chi connectivity index (χ1) is 9.29. The molecule has 0 amide bonds. The van der Waals surface area contributed by atoms with Gasteiger partial charge in [-0.3, -0.25) is 4.21 Å². The molecule has 3 nitrogen and oxygen atoms in total. The van der Waals surface area contributed by atoms with Crippen molar-refractivity contribution in [2.24, 2.45) is 0 Å². The van der Waals surface area contributed by atoms with Crippen molar-refractivity contribution in [2.75, 3.05) is 0 Å². The molecule has 0 N–H and O–H groups in total. The molecule has 1 aromatic heterocycles. The molecule has 0 aliphatic carbocycles. The standard InChI is InChI=1S/C13H9F3O3S/c1-6-2-3-9-7(4-6)8-5-10(13(14,15)16)20(18)11(8)12(17)19-9/h2-4,10H,5H2,1H3. The number of alkyl halides is 3. The van der Waals surface area contributed by atoms with E-state index in [9.17, 15) is 22.2 Å². The van der Waals surface area contributed by atoms with E-state index in [2.05, 4.69) is 0 Å². The summed E-state index contributed by atoms with van der Waals surface area (Å²) in [6.07, 6.45) is -5.05. The number of benzene rings is 1. The van der Waals surface area contributed by atoms with Crippen molar-refractivity contribution in [3.8, 4) is 0 Å². The highest BCUT2D eigenvalue weighted by molar-refractivity contribution is 7.86. The van der Waals surface area contributed by atoms with Crippen LogP contribution in [0.4, 0.5) is 13.2 Å². The van der Waals surface area contributed by atoms with Crippen LogP contribution in [0, 0.1) is 6.92 Å². The highest BCUT2D eigenvalue weighted by Crippen LogP contribution is 2.38. The van der Waals surface area contributed by atoms with Gasteiger partial charge in [0, 0.05) is 5.39 Å². The maximum atomic E-state index is 12.9. The molecule has 106 valence electrons. The van der Waals surface area contributed by atoms with Gasteiger partial charge in [-0.2, -0.15) is 13.2 Å². The van der Waals surface area contributed by atoms with Gasteiger partial charge in [0.15, 0.2) is 0 Å². The minimum absolute atomic E-state index is 0.195. The van der Waals surface area contributed by atoms with Gasteiger partial charge in [0.1, 0.15) is 15.7 Å². The second-order valence-corrected chi connectivity index (χ2v) is 6.30. The van der Waals surface area contributed by atoms with Gasteiger partial charge in [-0.05, 0) is 31.0 Å². The average Bonchev–Trinajstić information content (AvgIpc) is 2.69. The van der Waals surface area contributed by atoms with Crippen LogP contribution in [0.2, 0.25) is 0 Å². The summed E-state index contributed by atoms with van der Waals surface area (Å²) in [5, 5.41) is -1.61. The maximum Gasteiger partial charge on any atom is 0.403 e. The summed E-state index contributed by atoms with van der Waals surface area (Å²) in [7, 11) is -2.41. The Balaban J connectivity index is 2.32. The van der Waals surface area contributed by atoms with Crippen LogP contribution >= 0.6 is 0 Å². The van der Waals surface area contributed by atoms with Gasteiger partial charge in [0.2, 0.25) is 0 Å². The van der Waals surface area contributed by atoms with Crippen molar-refractivity contribution >= 4 is 21.8 Å². The Kier molecular flexibility index (Phi) is 2.79. The summed E-state index contributed by atoms with van der Waals surface area (Å²) in [4.78, 5) is 11.4. The Morgan fingerprint density at radius 3 is 2.70 bits per heavy atom. The number of aryl methyl sites for hydroxylation is 1. The van der Waals surface area contributed by atoms with Crippen molar-refractivity contribution in [2.45, 2.75) is 29.7 Å². The topological polar surface area (TPSA) is 47.3 Å². The first-order valence-electron chi connectivity index (χ1n) is 5.82. The first kappa shape index (κ1) is 13.4. The molecule has 0 saturated heterocycles. The number of fused-ring (bicyclic) bond motifs is 3. The van der Waals surface area contributed by atoms with E-state index in [1.807, 2.05) is 0 Å². The lowest BCUT2D eigenvalue weighted by molar-refractivity contribution is -0.128. The third kappa shape index (κ3) is 1.88. The molecule has 1 aliphatic heterocycles. The number of hydrogen-bond acceptors (Lipinski definition) is 3. The largest absolute Gasteiger partial charge is 0.422 e. The molecule has 2 atom stereocenters. The van der Waals surface area contributed by atoms with Crippen LogP contribution in [-0.2, 0) is 17.2 Å². The second-order valence-electron chi connectivity index (χ2n) is 4.73. The van der Waals surface area contributed by atoms with Gasteiger partial charge in [0.25, 0.3) is 0 Å². The number of hydrogen-bond donors (Lipinski definition) is 0. The molecule has 0 fully saturated rings. The predicted molar refractivity (Wildman–Crippen MR) is 67.2 cm³/mol. The zero-order valence-electron chi connectivity index (χ0n) is 10.3. The van der Waals surface area contributed by atoms with Crippen LogP contribution in [0.5, 0.6) is 0 Å². The quantitative estimate of drug-likeness (QED) is 0.703. The Hall–Kier alpha value is -1.63. The minimum Gasteiger partial charge on any atom is -0.422 e. The summed E-state index contributed by atoms with van der Waals surface area (Å²) in [6.45, 7) is 1.78. The third-order valence-electron chi connectivity index (χ3n) is 3.34. The van der Waals surface area contributed by atoms with Gasteiger partial charge in [-0.1, -0.05) is 11.6 Å². The molecule has 2 aromatic rings.